The van der Waals surface area contributed by atoms with Crippen LogP contribution in [0.25, 0.3) is 0 Å². The van der Waals surface area contributed by atoms with Crippen molar-refractivity contribution in [2.24, 2.45) is 5.92 Å². The first kappa shape index (κ1) is 15.4. The number of amides is 1. The minimum atomic E-state index is -1.12. The predicted molar refractivity (Wildman–Crippen MR) is 67.3 cm³/mol. The van der Waals surface area contributed by atoms with Gasteiger partial charge in [0, 0.05) is 13.1 Å². The third-order valence-corrected chi connectivity index (χ3v) is 2.86. The minimum Gasteiger partial charge on any atom is -0.394 e. The predicted octanol–water partition coefficient (Wildman–Crippen LogP) is 0.143. The molecule has 1 rings (SSSR count). The fourth-order valence-corrected chi connectivity index (χ4v) is 1.85. The molecular weight excluding hydrogens is 248 g/mol. The van der Waals surface area contributed by atoms with Crippen molar-refractivity contribution in [2.45, 2.75) is 32.3 Å². The van der Waals surface area contributed by atoms with Crippen LogP contribution in [0.15, 0.2) is 24.4 Å². The van der Waals surface area contributed by atoms with E-state index in [1.807, 2.05) is 6.07 Å². The van der Waals surface area contributed by atoms with Gasteiger partial charge in [0.25, 0.3) is 0 Å². The monoisotopic (exact) mass is 266 g/mol. The number of carbonyl (C=O) groups excluding carboxylic acids is 1. The number of rotatable bonds is 4. The van der Waals surface area contributed by atoms with Gasteiger partial charge in [0.15, 0.2) is 6.23 Å². The summed E-state index contributed by atoms with van der Waals surface area (Å²) in [4.78, 5) is 12.8. The van der Waals surface area contributed by atoms with Gasteiger partial charge in [0.2, 0.25) is 5.91 Å². The number of aliphatic hydroxyl groups is 2. The van der Waals surface area contributed by atoms with Crippen LogP contribution in [-0.2, 0) is 9.53 Å². The fourth-order valence-electron chi connectivity index (χ4n) is 1.85. The number of allylic oxidation sites excluding steroid dienone is 2. The van der Waals surface area contributed by atoms with Crippen molar-refractivity contribution in [3.05, 3.63) is 24.4 Å². The lowest BCUT2D eigenvalue weighted by atomic mass is 10.0. The molecule has 6 nitrogen and oxygen atoms in total. The highest BCUT2D eigenvalue weighted by molar-refractivity contribution is 5.74. The van der Waals surface area contributed by atoms with Crippen LogP contribution in [-0.4, -0.2) is 46.1 Å². The minimum absolute atomic E-state index is 0.325. The molecule has 0 aromatic carbocycles. The third kappa shape index (κ3) is 3.41. The van der Waals surface area contributed by atoms with Crippen LogP contribution in [0, 0.1) is 17.2 Å². The zero-order valence-corrected chi connectivity index (χ0v) is 11.0. The Labute approximate surface area is 112 Å². The molecule has 0 spiro atoms. The highest BCUT2D eigenvalue weighted by Crippen LogP contribution is 2.29. The molecule has 0 aromatic rings. The summed E-state index contributed by atoms with van der Waals surface area (Å²) in [6.45, 7) is 6.36. The lowest BCUT2D eigenvalue weighted by molar-refractivity contribution is -0.139. The maximum Gasteiger partial charge on any atom is 0.225 e. The van der Waals surface area contributed by atoms with E-state index in [1.165, 1.54) is 18.0 Å². The highest BCUT2D eigenvalue weighted by Gasteiger charge is 2.46. The van der Waals surface area contributed by atoms with Gasteiger partial charge in [-0.2, -0.15) is 5.26 Å². The van der Waals surface area contributed by atoms with E-state index in [-0.39, 0.29) is 5.91 Å². The quantitative estimate of drug-likeness (QED) is 0.706. The van der Waals surface area contributed by atoms with Gasteiger partial charge in [-0.3, -0.25) is 9.69 Å². The van der Waals surface area contributed by atoms with E-state index in [9.17, 15) is 9.90 Å². The molecule has 1 heterocycles. The van der Waals surface area contributed by atoms with Gasteiger partial charge in [-0.1, -0.05) is 12.2 Å². The molecule has 6 heteroatoms. The molecule has 1 aliphatic heterocycles. The number of ether oxygens (including phenoxy) is 1. The Balaban J connectivity index is 2.99. The molecule has 1 aliphatic rings. The summed E-state index contributed by atoms with van der Waals surface area (Å²) in [6.07, 6.45) is 0.171. The van der Waals surface area contributed by atoms with Gasteiger partial charge in [0.1, 0.15) is 18.1 Å². The Morgan fingerprint density at radius 2 is 2.21 bits per heavy atom. The molecule has 104 valence electrons. The summed E-state index contributed by atoms with van der Waals surface area (Å²) in [5.41, 5.74) is 0.733. The smallest absolute Gasteiger partial charge is 0.225 e. The number of nitrogens with zero attached hydrogens (tertiary/aromatic N) is 2. The average molecular weight is 266 g/mol. The maximum atomic E-state index is 11.6. The zero-order chi connectivity index (χ0) is 14.6. The molecule has 0 bridgehead atoms. The fraction of sp³-hybridized carbons (Fsp3) is 0.538. The van der Waals surface area contributed by atoms with E-state index >= 15 is 0 Å². The van der Waals surface area contributed by atoms with Gasteiger partial charge in [-0.25, -0.2) is 0 Å². The van der Waals surface area contributed by atoms with Crippen LogP contribution in [0.5, 0.6) is 0 Å². The molecule has 1 fully saturated rings. The number of carbonyl (C=O) groups is 1. The van der Waals surface area contributed by atoms with Crippen molar-refractivity contribution in [1.29, 1.82) is 5.26 Å². The van der Waals surface area contributed by atoms with E-state index in [0.29, 0.717) is 0 Å². The van der Waals surface area contributed by atoms with Crippen LogP contribution < -0.4 is 0 Å². The summed E-state index contributed by atoms with van der Waals surface area (Å²) in [5.74, 6) is -1.23. The highest BCUT2D eigenvalue weighted by atomic mass is 16.5. The standard InChI is InChI=1S/C13H18N2O4/c1-8(2)4-5-15(9(3)17)13-10(6-14)12(18)11(7-16)19-13/h4-5,10-13,16,18H,1,7H2,2-3H3/b5-4-/t10-,11+,12?,13?/m0/s1. The van der Waals surface area contributed by atoms with Crippen molar-refractivity contribution < 1.29 is 19.7 Å². The molecular formula is C13H18N2O4. The Hall–Kier alpha value is -1.68. The lowest BCUT2D eigenvalue weighted by Gasteiger charge is -2.25. The van der Waals surface area contributed by atoms with E-state index < -0.39 is 31.0 Å². The molecule has 0 radical (unpaired) electrons. The summed E-state index contributed by atoms with van der Waals surface area (Å²) in [5, 5.41) is 28.0. The van der Waals surface area contributed by atoms with E-state index in [0.717, 1.165) is 5.57 Å². The summed E-state index contributed by atoms with van der Waals surface area (Å²) < 4.78 is 5.38. The molecule has 0 aromatic heterocycles. The molecule has 0 aliphatic carbocycles. The van der Waals surface area contributed by atoms with Gasteiger partial charge in [-0.15, -0.1) is 0 Å². The van der Waals surface area contributed by atoms with Crippen LogP contribution >= 0.6 is 0 Å². The average Bonchev–Trinajstić information content (AvgIpc) is 2.65. The molecule has 4 atom stereocenters. The molecule has 0 saturated carbocycles. The number of hydrogen-bond donors (Lipinski definition) is 2. The van der Waals surface area contributed by atoms with Crippen LogP contribution in [0.2, 0.25) is 0 Å². The normalized spacial score (nSPS) is 30.3. The zero-order valence-electron chi connectivity index (χ0n) is 11.0. The lowest BCUT2D eigenvalue weighted by Crippen LogP contribution is -2.39. The second kappa shape index (κ2) is 6.48. The van der Waals surface area contributed by atoms with Gasteiger partial charge < -0.3 is 14.9 Å². The molecule has 2 N–H and O–H groups in total. The molecule has 1 amide bonds. The maximum absolute atomic E-state index is 11.6. The van der Waals surface area contributed by atoms with Crippen molar-refractivity contribution in [3.8, 4) is 6.07 Å². The first-order valence-corrected chi connectivity index (χ1v) is 5.89. The van der Waals surface area contributed by atoms with Gasteiger partial charge in [-0.05, 0) is 13.0 Å². The summed E-state index contributed by atoms with van der Waals surface area (Å²) in [6, 6.07) is 1.91. The van der Waals surface area contributed by atoms with Gasteiger partial charge >= 0.3 is 0 Å². The summed E-state index contributed by atoms with van der Waals surface area (Å²) in [7, 11) is 0. The topological polar surface area (TPSA) is 93.8 Å². The van der Waals surface area contributed by atoms with E-state index in [4.69, 9.17) is 15.1 Å². The first-order chi connectivity index (χ1) is 8.92. The molecule has 2 unspecified atom stereocenters. The second-order valence-electron chi connectivity index (χ2n) is 4.48. The summed E-state index contributed by atoms with van der Waals surface area (Å²) >= 11 is 0. The Bertz CT molecular complexity index is 427. The number of nitriles is 1. The Morgan fingerprint density at radius 3 is 2.63 bits per heavy atom. The van der Waals surface area contributed by atoms with Crippen molar-refractivity contribution in [3.63, 3.8) is 0 Å². The van der Waals surface area contributed by atoms with Crippen LogP contribution in [0.3, 0.4) is 0 Å². The van der Waals surface area contributed by atoms with Crippen molar-refractivity contribution in [2.75, 3.05) is 6.61 Å². The largest absolute Gasteiger partial charge is 0.394 e. The van der Waals surface area contributed by atoms with E-state index in [1.54, 1.807) is 13.0 Å². The second-order valence-corrected chi connectivity index (χ2v) is 4.48. The Morgan fingerprint density at radius 1 is 1.58 bits per heavy atom. The van der Waals surface area contributed by atoms with Crippen molar-refractivity contribution >= 4 is 5.91 Å². The Kier molecular flexibility index (Phi) is 5.24. The first-order valence-electron chi connectivity index (χ1n) is 5.89. The van der Waals surface area contributed by atoms with Gasteiger partial charge in [0.05, 0.1) is 12.7 Å². The number of aliphatic hydroxyl groups excluding tert-OH is 2. The van der Waals surface area contributed by atoms with Crippen LogP contribution in [0.1, 0.15) is 13.8 Å². The van der Waals surface area contributed by atoms with Crippen LogP contribution in [0.4, 0.5) is 0 Å². The van der Waals surface area contributed by atoms with Crippen molar-refractivity contribution in [1.82, 2.24) is 4.90 Å². The molecule has 1 saturated heterocycles. The SMILES string of the molecule is C=C(C)/C=C\N(C(C)=O)C1O[C@H](CO)C(O)[C@@H]1C#N. The van der Waals surface area contributed by atoms with E-state index in [2.05, 4.69) is 6.58 Å². The third-order valence-electron chi connectivity index (χ3n) is 2.86. The number of hydrogen-bond acceptors (Lipinski definition) is 5. The molecule has 19 heavy (non-hydrogen) atoms.